The second-order valence-electron chi connectivity index (χ2n) is 9.52. The molecule has 0 spiro atoms. The average Bonchev–Trinajstić information content (AvgIpc) is 2.55. The van der Waals surface area contributed by atoms with Gasteiger partial charge in [-0.15, -0.1) is 0 Å². The quantitative estimate of drug-likeness (QED) is 0.541. The van der Waals surface area contributed by atoms with Gasteiger partial charge in [0.1, 0.15) is 11.7 Å². The Kier molecular flexibility index (Phi) is 6.36. The van der Waals surface area contributed by atoms with Crippen LogP contribution in [0.1, 0.15) is 74.1 Å². The summed E-state index contributed by atoms with van der Waals surface area (Å²) < 4.78 is 11.4. The fraction of sp³-hybridized carbons (Fsp3) is 0.773. The van der Waals surface area contributed by atoms with Gasteiger partial charge in [-0.1, -0.05) is 12.5 Å². The van der Waals surface area contributed by atoms with E-state index in [9.17, 15) is 24.6 Å². The van der Waals surface area contributed by atoms with Crippen molar-refractivity contribution >= 4 is 17.7 Å². The molecule has 0 aromatic rings. The van der Waals surface area contributed by atoms with E-state index in [-0.39, 0.29) is 11.7 Å². The summed E-state index contributed by atoms with van der Waals surface area (Å²) in [6.07, 6.45) is -0.341. The van der Waals surface area contributed by atoms with Crippen LogP contribution in [0.25, 0.3) is 0 Å². The number of esters is 2. The van der Waals surface area contributed by atoms with E-state index in [1.807, 2.05) is 20.8 Å². The van der Waals surface area contributed by atoms with E-state index in [2.05, 4.69) is 0 Å². The molecule has 2 aliphatic carbocycles. The lowest BCUT2D eigenvalue weighted by atomic mass is 9.53. The van der Waals surface area contributed by atoms with Crippen LogP contribution in [0.2, 0.25) is 0 Å². The zero-order valence-electron chi connectivity index (χ0n) is 18.5. The lowest BCUT2D eigenvalue weighted by molar-refractivity contribution is -0.227. The molecule has 2 aliphatic rings. The highest BCUT2D eigenvalue weighted by Gasteiger charge is 2.60. The topological polar surface area (TPSA) is 110 Å². The maximum atomic E-state index is 12.7. The van der Waals surface area contributed by atoms with Crippen LogP contribution in [-0.4, -0.2) is 51.3 Å². The maximum absolute atomic E-state index is 12.7. The molecule has 164 valence electrons. The van der Waals surface area contributed by atoms with E-state index in [1.165, 1.54) is 20.8 Å². The van der Waals surface area contributed by atoms with Crippen LogP contribution in [0, 0.1) is 11.3 Å². The Bertz CT molecular complexity index is 731. The molecule has 7 heteroatoms. The first-order valence-corrected chi connectivity index (χ1v) is 10.2. The Morgan fingerprint density at radius 1 is 1.24 bits per heavy atom. The van der Waals surface area contributed by atoms with E-state index in [1.54, 1.807) is 6.92 Å². The Labute approximate surface area is 172 Å². The minimum Gasteiger partial charge on any atom is -0.456 e. The molecule has 2 saturated carbocycles. The van der Waals surface area contributed by atoms with E-state index < -0.39 is 40.8 Å². The molecule has 7 nitrogen and oxygen atoms in total. The van der Waals surface area contributed by atoms with Crippen molar-refractivity contribution < 1.29 is 34.1 Å². The van der Waals surface area contributed by atoms with Gasteiger partial charge in [-0.25, -0.2) is 4.79 Å². The SMILES string of the molecule is CC(=O)OC1(C)C(OC(=O)C(C)(O)C(C)O)CCC2(C)CC(=O)C(=C(C)C)CC21. The van der Waals surface area contributed by atoms with Crippen LogP contribution in [0.4, 0.5) is 0 Å². The first kappa shape index (κ1) is 23.5. The van der Waals surface area contributed by atoms with Gasteiger partial charge < -0.3 is 19.7 Å². The maximum Gasteiger partial charge on any atom is 0.340 e. The van der Waals surface area contributed by atoms with Gasteiger partial charge in [-0.05, 0) is 64.9 Å². The molecule has 0 amide bonds. The normalized spacial score (nSPS) is 35.2. The summed E-state index contributed by atoms with van der Waals surface area (Å²) in [5, 5.41) is 20.0. The van der Waals surface area contributed by atoms with Crippen molar-refractivity contribution in [3.8, 4) is 0 Å². The fourth-order valence-electron chi connectivity index (χ4n) is 4.81. The Morgan fingerprint density at radius 3 is 2.31 bits per heavy atom. The zero-order valence-corrected chi connectivity index (χ0v) is 18.5. The van der Waals surface area contributed by atoms with Crippen molar-refractivity contribution in [1.82, 2.24) is 0 Å². The minimum atomic E-state index is -2.08. The number of ether oxygens (including phenoxy) is 2. The van der Waals surface area contributed by atoms with Gasteiger partial charge in [0.15, 0.2) is 11.4 Å². The van der Waals surface area contributed by atoms with Gasteiger partial charge in [0.25, 0.3) is 0 Å². The summed E-state index contributed by atoms with van der Waals surface area (Å²) in [5.41, 5.74) is -1.97. The number of fused-ring (bicyclic) bond motifs is 1. The van der Waals surface area contributed by atoms with Crippen molar-refractivity contribution in [2.24, 2.45) is 11.3 Å². The molecule has 0 saturated heterocycles. The summed E-state index contributed by atoms with van der Waals surface area (Å²) >= 11 is 0. The second-order valence-corrected chi connectivity index (χ2v) is 9.52. The second kappa shape index (κ2) is 7.84. The summed E-state index contributed by atoms with van der Waals surface area (Å²) in [4.78, 5) is 37.2. The first-order valence-electron chi connectivity index (χ1n) is 10.2. The smallest absolute Gasteiger partial charge is 0.340 e. The van der Waals surface area contributed by atoms with Crippen molar-refractivity contribution in [2.45, 2.75) is 97.6 Å². The van der Waals surface area contributed by atoms with E-state index in [4.69, 9.17) is 9.47 Å². The average molecular weight is 411 g/mol. The van der Waals surface area contributed by atoms with E-state index in [0.717, 1.165) is 11.1 Å². The largest absolute Gasteiger partial charge is 0.456 e. The van der Waals surface area contributed by atoms with Gasteiger partial charge in [0, 0.05) is 19.3 Å². The molecule has 6 unspecified atom stereocenters. The van der Waals surface area contributed by atoms with E-state index in [0.29, 0.717) is 25.7 Å². The van der Waals surface area contributed by atoms with Crippen molar-refractivity contribution in [2.75, 3.05) is 0 Å². The van der Waals surface area contributed by atoms with Crippen LogP contribution in [0.5, 0.6) is 0 Å². The molecule has 0 aliphatic heterocycles. The Balaban J connectivity index is 2.45. The monoisotopic (exact) mass is 410 g/mol. The third kappa shape index (κ3) is 4.26. The Hall–Kier alpha value is -1.73. The highest BCUT2D eigenvalue weighted by molar-refractivity contribution is 5.97. The third-order valence-corrected chi connectivity index (χ3v) is 6.90. The first-order chi connectivity index (χ1) is 13.1. The molecule has 0 radical (unpaired) electrons. The van der Waals surface area contributed by atoms with E-state index >= 15 is 0 Å². The van der Waals surface area contributed by atoms with Gasteiger partial charge >= 0.3 is 11.9 Å². The van der Waals surface area contributed by atoms with Gasteiger partial charge in [-0.3, -0.25) is 9.59 Å². The molecule has 0 heterocycles. The van der Waals surface area contributed by atoms with Crippen LogP contribution in [0.15, 0.2) is 11.1 Å². The molecular weight excluding hydrogens is 376 g/mol. The van der Waals surface area contributed by atoms with Crippen LogP contribution < -0.4 is 0 Å². The molecule has 0 aromatic carbocycles. The fourth-order valence-corrected chi connectivity index (χ4v) is 4.81. The highest BCUT2D eigenvalue weighted by Crippen LogP contribution is 2.56. The summed E-state index contributed by atoms with van der Waals surface area (Å²) in [5.74, 6) is -1.59. The van der Waals surface area contributed by atoms with Crippen LogP contribution >= 0.6 is 0 Å². The number of rotatable bonds is 4. The van der Waals surface area contributed by atoms with Gasteiger partial charge in [-0.2, -0.15) is 0 Å². The lowest BCUT2D eigenvalue weighted by Crippen LogP contribution is -2.62. The molecule has 0 aromatic heterocycles. The number of hydrogen-bond acceptors (Lipinski definition) is 7. The minimum absolute atomic E-state index is 0.112. The third-order valence-electron chi connectivity index (χ3n) is 6.90. The molecular formula is C22H34O7. The number of carbonyl (C=O) groups is 3. The number of Topliss-reactive ketones (excluding diaryl/α,β-unsaturated/α-hetero) is 1. The van der Waals surface area contributed by atoms with Crippen molar-refractivity contribution in [1.29, 1.82) is 0 Å². The summed E-state index contributed by atoms with van der Waals surface area (Å²) in [7, 11) is 0. The Morgan fingerprint density at radius 2 is 1.83 bits per heavy atom. The summed E-state index contributed by atoms with van der Waals surface area (Å²) in [6.45, 7) is 11.3. The zero-order chi connectivity index (χ0) is 22.4. The molecule has 0 bridgehead atoms. The highest BCUT2D eigenvalue weighted by atomic mass is 16.6. The number of ketones is 1. The van der Waals surface area contributed by atoms with Crippen molar-refractivity contribution in [3.05, 3.63) is 11.1 Å². The number of aliphatic hydroxyl groups is 2. The van der Waals surface area contributed by atoms with Crippen molar-refractivity contribution in [3.63, 3.8) is 0 Å². The number of aliphatic hydroxyl groups excluding tert-OH is 1. The van der Waals surface area contributed by atoms with Crippen LogP contribution in [0.3, 0.4) is 0 Å². The lowest BCUT2D eigenvalue weighted by Gasteiger charge is -2.56. The number of carbonyl (C=O) groups excluding carboxylic acids is 3. The van der Waals surface area contributed by atoms with Gasteiger partial charge in [0.05, 0.1) is 6.10 Å². The number of hydrogen-bond donors (Lipinski definition) is 2. The predicted molar refractivity (Wildman–Crippen MR) is 106 cm³/mol. The summed E-state index contributed by atoms with van der Waals surface area (Å²) in [6, 6.07) is 0. The molecule has 2 fully saturated rings. The van der Waals surface area contributed by atoms with Gasteiger partial charge in [0.2, 0.25) is 0 Å². The molecule has 29 heavy (non-hydrogen) atoms. The van der Waals surface area contributed by atoms with Crippen LogP contribution in [-0.2, 0) is 23.9 Å². The number of allylic oxidation sites excluding steroid dienone is 2. The standard InChI is InChI=1S/C22H34O7/c1-12(2)15-10-17-20(5,11-16(15)25)9-8-18(22(17,7)29-14(4)24)28-19(26)21(6,27)13(3)23/h13,17-18,23,27H,8-11H2,1-7H3. The predicted octanol–water partition coefficient (Wildman–Crippen LogP) is 2.47. The molecule has 2 N–H and O–H groups in total. The molecule has 2 rings (SSSR count). The molecule has 6 atom stereocenters.